The molecule has 6 nitrogen and oxygen atoms in total. The fraction of sp³-hybridized carbons (Fsp3) is 0.435. The molecule has 0 unspecified atom stereocenters. The molecule has 0 radical (unpaired) electrons. The number of piperidine rings is 1. The highest BCUT2D eigenvalue weighted by molar-refractivity contribution is 6.30. The number of likely N-dealkylation sites (tertiary alicyclic amines) is 2. The zero-order valence-corrected chi connectivity index (χ0v) is 18.4. The summed E-state index contributed by atoms with van der Waals surface area (Å²) in [6.07, 6.45) is 0.960. The first-order valence-electron chi connectivity index (χ1n) is 10.2. The molecule has 1 N–H and O–H groups in total. The number of hydrogen-bond acceptors (Lipinski definition) is 4. The lowest BCUT2D eigenvalue weighted by Gasteiger charge is -2.44. The van der Waals surface area contributed by atoms with E-state index in [-0.39, 0.29) is 11.4 Å². The van der Waals surface area contributed by atoms with Crippen LogP contribution in [0.15, 0.2) is 42.5 Å². The van der Waals surface area contributed by atoms with Gasteiger partial charge in [-0.3, -0.25) is 0 Å². The van der Waals surface area contributed by atoms with E-state index >= 15 is 0 Å². The molecule has 2 aromatic rings. The molecule has 160 valence electrons. The number of nitrogens with one attached hydrogen (secondary N) is 1. The van der Waals surface area contributed by atoms with Crippen LogP contribution in [0.3, 0.4) is 0 Å². The van der Waals surface area contributed by atoms with Crippen LogP contribution in [-0.2, 0) is 5.41 Å². The van der Waals surface area contributed by atoms with Gasteiger partial charge in [0.25, 0.3) is 0 Å². The van der Waals surface area contributed by atoms with Gasteiger partial charge in [0.05, 0.1) is 14.2 Å². The molecule has 0 bridgehead atoms. The van der Waals surface area contributed by atoms with Gasteiger partial charge in [-0.05, 0) is 55.3 Å². The van der Waals surface area contributed by atoms with Crippen molar-refractivity contribution in [2.45, 2.75) is 11.8 Å². The van der Waals surface area contributed by atoms with Crippen LogP contribution < -0.4 is 14.8 Å². The summed E-state index contributed by atoms with van der Waals surface area (Å²) >= 11 is 6.07. The van der Waals surface area contributed by atoms with E-state index in [1.165, 1.54) is 5.56 Å². The largest absolute Gasteiger partial charge is 0.493 e. The fourth-order valence-electron chi connectivity index (χ4n) is 5.01. The second-order valence-electron chi connectivity index (χ2n) is 8.27. The van der Waals surface area contributed by atoms with Gasteiger partial charge in [-0.15, -0.1) is 0 Å². The van der Waals surface area contributed by atoms with Crippen LogP contribution in [0.1, 0.15) is 12.0 Å². The number of ether oxygens (including phenoxy) is 2. The van der Waals surface area contributed by atoms with Crippen LogP contribution >= 0.6 is 11.6 Å². The van der Waals surface area contributed by atoms with Gasteiger partial charge < -0.3 is 24.6 Å². The van der Waals surface area contributed by atoms with Gasteiger partial charge in [-0.25, -0.2) is 4.79 Å². The Morgan fingerprint density at radius 2 is 1.93 bits per heavy atom. The number of rotatable bonds is 4. The van der Waals surface area contributed by atoms with Crippen molar-refractivity contribution in [2.75, 3.05) is 52.8 Å². The highest BCUT2D eigenvalue weighted by atomic mass is 35.5. The second kappa shape index (κ2) is 8.36. The summed E-state index contributed by atoms with van der Waals surface area (Å²) in [6, 6.07) is 13.3. The van der Waals surface area contributed by atoms with Gasteiger partial charge in [-0.1, -0.05) is 23.7 Å². The Hall–Kier alpha value is -2.44. The summed E-state index contributed by atoms with van der Waals surface area (Å²) in [7, 11) is 5.45. The Morgan fingerprint density at radius 3 is 2.67 bits per heavy atom. The zero-order valence-electron chi connectivity index (χ0n) is 17.7. The minimum atomic E-state index is -0.141. The number of halogens is 1. The smallest absolute Gasteiger partial charge is 0.321 e. The Morgan fingerprint density at radius 1 is 1.13 bits per heavy atom. The van der Waals surface area contributed by atoms with Crippen molar-refractivity contribution in [2.24, 2.45) is 5.92 Å². The van der Waals surface area contributed by atoms with E-state index in [0.717, 1.165) is 31.8 Å². The van der Waals surface area contributed by atoms with Crippen LogP contribution in [0.5, 0.6) is 11.5 Å². The SMILES string of the molecule is COc1ccc([C@]23CN(C)C[C@H]2CCN(C(=O)Nc2cccc(Cl)c2)C3)cc1OC. The number of nitrogens with zero attached hydrogens (tertiary/aromatic N) is 2. The minimum Gasteiger partial charge on any atom is -0.493 e. The maximum atomic E-state index is 13.1. The Bertz CT molecular complexity index is 938. The monoisotopic (exact) mass is 429 g/mol. The number of methoxy groups -OCH3 is 2. The van der Waals surface area contributed by atoms with Crippen molar-refractivity contribution in [1.29, 1.82) is 0 Å². The Labute approximate surface area is 182 Å². The number of hydrogen-bond donors (Lipinski definition) is 1. The molecule has 0 spiro atoms. The number of likely N-dealkylation sites (N-methyl/N-ethyl adjacent to an activating group) is 1. The summed E-state index contributed by atoms with van der Waals surface area (Å²) < 4.78 is 11.0. The van der Waals surface area contributed by atoms with E-state index in [0.29, 0.717) is 28.9 Å². The van der Waals surface area contributed by atoms with Gasteiger partial charge in [-0.2, -0.15) is 0 Å². The average Bonchev–Trinajstić information content (AvgIpc) is 3.09. The first-order valence-corrected chi connectivity index (χ1v) is 10.6. The third kappa shape index (κ3) is 3.82. The zero-order chi connectivity index (χ0) is 21.3. The maximum Gasteiger partial charge on any atom is 0.321 e. The normalized spacial score (nSPS) is 23.7. The second-order valence-corrected chi connectivity index (χ2v) is 8.71. The number of carbonyl (C=O) groups is 1. The van der Waals surface area contributed by atoms with E-state index < -0.39 is 0 Å². The molecule has 4 rings (SSSR count). The number of fused-ring (bicyclic) bond motifs is 1. The molecule has 2 aromatic carbocycles. The molecule has 7 heteroatoms. The molecule has 2 heterocycles. The van der Waals surface area contributed by atoms with E-state index in [4.69, 9.17) is 21.1 Å². The van der Waals surface area contributed by atoms with Crippen LogP contribution in [-0.4, -0.2) is 63.3 Å². The van der Waals surface area contributed by atoms with Crippen molar-refractivity contribution in [3.05, 3.63) is 53.1 Å². The lowest BCUT2D eigenvalue weighted by atomic mass is 9.68. The van der Waals surface area contributed by atoms with E-state index in [1.54, 1.807) is 26.4 Å². The summed E-state index contributed by atoms with van der Waals surface area (Å²) in [5, 5.41) is 3.60. The predicted octanol–water partition coefficient (Wildman–Crippen LogP) is 4.09. The number of anilines is 1. The molecule has 2 aliphatic heterocycles. The molecule has 0 saturated carbocycles. The summed E-state index contributed by atoms with van der Waals surface area (Å²) in [4.78, 5) is 17.3. The van der Waals surface area contributed by atoms with Crippen molar-refractivity contribution in [3.63, 3.8) is 0 Å². The topological polar surface area (TPSA) is 54.0 Å². The highest BCUT2D eigenvalue weighted by Gasteiger charge is 2.51. The predicted molar refractivity (Wildman–Crippen MR) is 119 cm³/mol. The van der Waals surface area contributed by atoms with Crippen LogP contribution in [0.25, 0.3) is 0 Å². The highest BCUT2D eigenvalue weighted by Crippen LogP contribution is 2.46. The standard InChI is InChI=1S/C23H28ClN3O3/c1-26-13-17-9-10-27(22(28)25-19-6-4-5-18(24)12-19)15-23(17,14-26)16-7-8-20(29-2)21(11-16)30-3/h4-8,11-12,17H,9-10,13-15H2,1-3H3,(H,25,28)/t17-,23-/m1/s1. The van der Waals surface area contributed by atoms with E-state index in [2.05, 4.69) is 29.4 Å². The fourth-order valence-corrected chi connectivity index (χ4v) is 5.20. The van der Waals surface area contributed by atoms with Crippen molar-refractivity contribution >= 4 is 23.3 Å². The number of benzene rings is 2. The first-order chi connectivity index (χ1) is 14.4. The van der Waals surface area contributed by atoms with Gasteiger partial charge in [0.2, 0.25) is 0 Å². The van der Waals surface area contributed by atoms with E-state index in [1.807, 2.05) is 23.1 Å². The summed E-state index contributed by atoms with van der Waals surface area (Å²) in [6.45, 7) is 3.32. The first kappa shape index (κ1) is 20.8. The number of amides is 2. The van der Waals surface area contributed by atoms with Gasteiger partial charge in [0.15, 0.2) is 11.5 Å². The molecule has 0 aromatic heterocycles. The Balaban J connectivity index is 1.62. The molecular formula is C23H28ClN3O3. The number of carbonyl (C=O) groups excluding carboxylic acids is 1. The number of urea groups is 1. The molecule has 2 saturated heterocycles. The third-order valence-corrected chi connectivity index (χ3v) is 6.64. The van der Waals surface area contributed by atoms with Crippen molar-refractivity contribution in [3.8, 4) is 11.5 Å². The quantitative estimate of drug-likeness (QED) is 0.795. The Kier molecular flexibility index (Phi) is 5.80. The lowest BCUT2D eigenvalue weighted by Crippen LogP contribution is -2.54. The molecule has 30 heavy (non-hydrogen) atoms. The average molecular weight is 430 g/mol. The molecule has 2 aliphatic rings. The molecule has 2 amide bonds. The van der Waals surface area contributed by atoms with Gasteiger partial charge in [0, 0.05) is 42.3 Å². The van der Waals surface area contributed by atoms with Crippen LogP contribution in [0, 0.1) is 5.92 Å². The van der Waals surface area contributed by atoms with E-state index in [9.17, 15) is 4.79 Å². The summed E-state index contributed by atoms with van der Waals surface area (Å²) in [5.41, 5.74) is 1.76. The van der Waals surface area contributed by atoms with Crippen LogP contribution in [0.2, 0.25) is 5.02 Å². The molecular weight excluding hydrogens is 402 g/mol. The van der Waals surface area contributed by atoms with Crippen molar-refractivity contribution in [1.82, 2.24) is 9.80 Å². The maximum absolute atomic E-state index is 13.1. The third-order valence-electron chi connectivity index (χ3n) is 6.41. The molecule has 2 fully saturated rings. The lowest BCUT2D eigenvalue weighted by molar-refractivity contribution is 0.138. The van der Waals surface area contributed by atoms with Gasteiger partial charge >= 0.3 is 6.03 Å². The summed E-state index contributed by atoms with van der Waals surface area (Å²) in [5.74, 6) is 1.92. The molecule has 2 atom stereocenters. The molecule has 0 aliphatic carbocycles. The minimum absolute atomic E-state index is 0.0925. The van der Waals surface area contributed by atoms with Gasteiger partial charge in [0.1, 0.15) is 0 Å². The van der Waals surface area contributed by atoms with Crippen LogP contribution in [0.4, 0.5) is 10.5 Å². The van der Waals surface area contributed by atoms with Crippen molar-refractivity contribution < 1.29 is 14.3 Å².